The molecule has 1 amide bonds. The first-order chi connectivity index (χ1) is 9.30. The second-order valence-corrected chi connectivity index (χ2v) is 7.94. The zero-order valence-electron chi connectivity index (χ0n) is 10.4. The normalized spacial score (nSPS) is 16.2. The van der Waals surface area contributed by atoms with Gasteiger partial charge in [-0.2, -0.15) is 0 Å². The molecule has 0 aliphatic carbocycles. The molecule has 8 heteroatoms. The fourth-order valence-corrected chi connectivity index (χ4v) is 4.31. The van der Waals surface area contributed by atoms with Gasteiger partial charge in [-0.3, -0.25) is 4.79 Å². The van der Waals surface area contributed by atoms with Crippen molar-refractivity contribution >= 4 is 41.6 Å². The van der Waals surface area contributed by atoms with Gasteiger partial charge in [0.1, 0.15) is 5.82 Å². The van der Waals surface area contributed by atoms with Crippen LogP contribution in [0.2, 0.25) is 0 Å². The van der Waals surface area contributed by atoms with Gasteiger partial charge in [-0.1, -0.05) is 0 Å². The van der Waals surface area contributed by atoms with Crippen molar-refractivity contribution in [2.75, 3.05) is 13.1 Å². The van der Waals surface area contributed by atoms with E-state index in [-0.39, 0.29) is 14.9 Å². The molecule has 0 atom stereocenters. The third-order valence-corrected chi connectivity index (χ3v) is 5.44. The Kier molecular flexibility index (Phi) is 4.71. The van der Waals surface area contributed by atoms with E-state index in [4.69, 9.17) is 10.7 Å². The van der Waals surface area contributed by atoms with Crippen LogP contribution in [0.15, 0.2) is 21.5 Å². The van der Waals surface area contributed by atoms with Crippen LogP contribution in [-0.2, 0) is 9.05 Å². The molecular formula is C12H12BrClFNO3S. The van der Waals surface area contributed by atoms with Crippen molar-refractivity contribution in [2.24, 2.45) is 0 Å². The number of nitrogens with zero attached hydrogens (tertiary/aromatic N) is 1. The van der Waals surface area contributed by atoms with Crippen molar-refractivity contribution in [3.8, 4) is 0 Å². The SMILES string of the molecule is O=C(c1cc(S(=O)(=O)Cl)c(Br)cc1F)N1CCCCC1. The fourth-order valence-electron chi connectivity index (χ4n) is 2.15. The summed E-state index contributed by atoms with van der Waals surface area (Å²) in [6.45, 7) is 1.11. The first-order valence-corrected chi connectivity index (χ1v) is 9.14. The molecule has 0 bridgehead atoms. The van der Waals surface area contributed by atoms with E-state index in [2.05, 4.69) is 15.9 Å². The maximum atomic E-state index is 13.9. The Morgan fingerprint density at radius 2 is 1.85 bits per heavy atom. The zero-order chi connectivity index (χ0) is 14.9. The molecule has 2 rings (SSSR count). The van der Waals surface area contributed by atoms with Crippen LogP contribution < -0.4 is 0 Å². The van der Waals surface area contributed by atoms with Crippen LogP contribution in [0, 0.1) is 5.82 Å². The van der Waals surface area contributed by atoms with E-state index in [1.807, 2.05) is 0 Å². The monoisotopic (exact) mass is 383 g/mol. The number of carbonyl (C=O) groups is 1. The molecule has 20 heavy (non-hydrogen) atoms. The van der Waals surface area contributed by atoms with Gasteiger partial charge in [0.05, 0.1) is 10.5 Å². The van der Waals surface area contributed by atoms with Crippen LogP contribution in [-0.4, -0.2) is 32.3 Å². The zero-order valence-corrected chi connectivity index (χ0v) is 13.6. The van der Waals surface area contributed by atoms with Gasteiger partial charge in [0.2, 0.25) is 0 Å². The van der Waals surface area contributed by atoms with Crippen LogP contribution in [0.4, 0.5) is 4.39 Å². The fraction of sp³-hybridized carbons (Fsp3) is 0.417. The van der Waals surface area contributed by atoms with Gasteiger partial charge in [0.25, 0.3) is 15.0 Å². The average Bonchev–Trinajstić information content (AvgIpc) is 2.37. The van der Waals surface area contributed by atoms with E-state index in [1.54, 1.807) is 0 Å². The lowest BCUT2D eigenvalue weighted by Crippen LogP contribution is -2.36. The van der Waals surface area contributed by atoms with Crippen molar-refractivity contribution in [3.63, 3.8) is 0 Å². The summed E-state index contributed by atoms with van der Waals surface area (Å²) in [5, 5.41) is 0. The lowest BCUT2D eigenvalue weighted by Gasteiger charge is -2.27. The van der Waals surface area contributed by atoms with Crippen LogP contribution in [0.1, 0.15) is 29.6 Å². The molecule has 1 saturated heterocycles. The van der Waals surface area contributed by atoms with Crippen molar-refractivity contribution in [1.82, 2.24) is 4.90 Å². The van der Waals surface area contributed by atoms with E-state index in [0.717, 1.165) is 31.4 Å². The summed E-state index contributed by atoms with van der Waals surface area (Å²) in [5.41, 5.74) is -0.269. The van der Waals surface area contributed by atoms with Gasteiger partial charge in [-0.05, 0) is 47.3 Å². The average molecular weight is 385 g/mol. The van der Waals surface area contributed by atoms with Gasteiger partial charge in [-0.25, -0.2) is 12.8 Å². The highest BCUT2D eigenvalue weighted by Gasteiger charge is 2.25. The summed E-state index contributed by atoms with van der Waals surface area (Å²) in [4.78, 5) is 13.5. The summed E-state index contributed by atoms with van der Waals surface area (Å²) < 4.78 is 36.7. The molecule has 1 heterocycles. The number of likely N-dealkylation sites (tertiary alicyclic amines) is 1. The second kappa shape index (κ2) is 5.99. The summed E-state index contributed by atoms with van der Waals surface area (Å²) in [5.74, 6) is -1.27. The number of hydrogen-bond donors (Lipinski definition) is 0. The molecule has 0 N–H and O–H groups in total. The predicted molar refractivity (Wildman–Crippen MR) is 76.9 cm³/mol. The molecule has 110 valence electrons. The van der Waals surface area contributed by atoms with Crippen molar-refractivity contribution in [3.05, 3.63) is 28.0 Å². The minimum Gasteiger partial charge on any atom is -0.339 e. The minimum absolute atomic E-state index is 0.000180. The molecule has 1 fully saturated rings. The summed E-state index contributed by atoms with van der Waals surface area (Å²) in [6.07, 6.45) is 2.77. The molecule has 0 saturated carbocycles. The number of rotatable bonds is 2. The maximum Gasteiger partial charge on any atom is 0.262 e. The Balaban J connectivity index is 2.43. The van der Waals surface area contributed by atoms with Crippen molar-refractivity contribution < 1.29 is 17.6 Å². The topological polar surface area (TPSA) is 54.5 Å². The summed E-state index contributed by atoms with van der Waals surface area (Å²) >= 11 is 2.93. The highest BCUT2D eigenvalue weighted by Crippen LogP contribution is 2.29. The van der Waals surface area contributed by atoms with Gasteiger partial charge in [0, 0.05) is 28.2 Å². The number of piperidine rings is 1. The van der Waals surface area contributed by atoms with Crippen LogP contribution in [0.5, 0.6) is 0 Å². The molecule has 0 spiro atoms. The number of hydrogen-bond acceptors (Lipinski definition) is 3. The lowest BCUT2D eigenvalue weighted by molar-refractivity contribution is 0.0719. The Bertz CT molecular complexity index is 644. The highest BCUT2D eigenvalue weighted by atomic mass is 79.9. The third kappa shape index (κ3) is 3.32. The van der Waals surface area contributed by atoms with E-state index >= 15 is 0 Å². The van der Waals surface area contributed by atoms with Crippen molar-refractivity contribution in [1.29, 1.82) is 0 Å². The second-order valence-electron chi connectivity index (χ2n) is 4.55. The van der Waals surface area contributed by atoms with E-state index in [9.17, 15) is 17.6 Å². The van der Waals surface area contributed by atoms with E-state index < -0.39 is 20.8 Å². The Morgan fingerprint density at radius 3 is 2.40 bits per heavy atom. The van der Waals surface area contributed by atoms with Crippen molar-refractivity contribution in [2.45, 2.75) is 24.2 Å². The first kappa shape index (κ1) is 15.7. The molecule has 4 nitrogen and oxygen atoms in total. The van der Waals surface area contributed by atoms with Crippen LogP contribution in [0.25, 0.3) is 0 Å². The molecule has 1 aromatic carbocycles. The standard InChI is InChI=1S/C12H12BrClFNO3S/c13-9-7-10(15)8(6-11(9)20(14,18)19)12(17)16-4-2-1-3-5-16/h6-7H,1-5H2. The number of halogens is 3. The molecular weight excluding hydrogens is 373 g/mol. The molecule has 0 radical (unpaired) electrons. The first-order valence-electron chi connectivity index (χ1n) is 6.03. The third-order valence-electron chi connectivity index (χ3n) is 3.16. The maximum absolute atomic E-state index is 13.9. The largest absolute Gasteiger partial charge is 0.339 e. The lowest BCUT2D eigenvalue weighted by atomic mass is 10.1. The van der Waals surface area contributed by atoms with E-state index in [1.165, 1.54) is 4.90 Å². The molecule has 1 aliphatic rings. The summed E-state index contributed by atoms with van der Waals surface area (Å²) in [6, 6.07) is 1.94. The number of benzene rings is 1. The van der Waals surface area contributed by atoms with Gasteiger partial charge < -0.3 is 4.90 Å². The van der Waals surface area contributed by atoms with Gasteiger partial charge in [-0.15, -0.1) is 0 Å². The van der Waals surface area contributed by atoms with Gasteiger partial charge in [0.15, 0.2) is 0 Å². The Morgan fingerprint density at radius 1 is 1.25 bits per heavy atom. The number of amides is 1. The van der Waals surface area contributed by atoms with Crippen LogP contribution in [0.3, 0.4) is 0 Å². The van der Waals surface area contributed by atoms with E-state index in [0.29, 0.717) is 13.1 Å². The quantitative estimate of drug-likeness (QED) is 0.736. The predicted octanol–water partition coefficient (Wildman–Crippen LogP) is 3.14. The van der Waals surface area contributed by atoms with Gasteiger partial charge >= 0.3 is 0 Å². The highest BCUT2D eigenvalue weighted by molar-refractivity contribution is 9.10. The molecule has 0 aromatic heterocycles. The Hall–Kier alpha value is -0.660. The summed E-state index contributed by atoms with van der Waals surface area (Å²) in [7, 11) is 1.22. The molecule has 1 aliphatic heterocycles. The smallest absolute Gasteiger partial charge is 0.262 e. The Labute approximate surface area is 129 Å². The molecule has 0 unspecified atom stereocenters. The molecule has 1 aromatic rings. The number of carbonyl (C=O) groups excluding carboxylic acids is 1. The minimum atomic E-state index is -4.05. The van der Waals surface area contributed by atoms with Crippen LogP contribution >= 0.6 is 26.6 Å².